The Labute approximate surface area is 255 Å². The fourth-order valence-electron chi connectivity index (χ4n) is 5.00. The van der Waals surface area contributed by atoms with Crippen molar-refractivity contribution in [3.63, 3.8) is 0 Å². The lowest BCUT2D eigenvalue weighted by Crippen LogP contribution is -2.44. The van der Waals surface area contributed by atoms with Crippen molar-refractivity contribution in [2.24, 2.45) is 0 Å². The van der Waals surface area contributed by atoms with Gasteiger partial charge in [0.15, 0.2) is 63.9 Å². The van der Waals surface area contributed by atoms with Crippen molar-refractivity contribution in [2.45, 2.75) is 0 Å². The van der Waals surface area contributed by atoms with Gasteiger partial charge in [0.05, 0.1) is 26.9 Å². The number of halogens is 15. The highest BCUT2D eigenvalue weighted by Gasteiger charge is 2.38. The SMILES string of the molecule is Fc1ccc(OB(Oc2c(F)c(F)c(F)c3c(F)c4c(F)c(F)c(F)c(F)c4c(F)c23)c2ccc(F)c3c(F)c(F)ccc23)c(F)c1F. The highest BCUT2D eigenvalue weighted by Crippen LogP contribution is 2.43. The monoisotopic (exact) mass is 694 g/mol. The molecule has 0 aliphatic heterocycles. The molecule has 6 rings (SSSR count). The molecule has 6 aromatic rings. The molecule has 0 aliphatic carbocycles. The Kier molecular flexibility index (Phi) is 7.79. The average Bonchev–Trinajstić information content (AvgIpc) is 3.05. The number of rotatable bonds is 5. The van der Waals surface area contributed by atoms with E-state index in [1.165, 1.54) is 0 Å². The minimum Gasteiger partial charge on any atom is -0.520 e. The van der Waals surface area contributed by atoms with Gasteiger partial charge >= 0.3 is 7.12 Å². The lowest BCUT2D eigenvalue weighted by molar-refractivity contribution is 0.374. The lowest BCUT2D eigenvalue weighted by Gasteiger charge is -2.22. The van der Waals surface area contributed by atoms with E-state index in [1.54, 1.807) is 0 Å². The van der Waals surface area contributed by atoms with Crippen LogP contribution in [0.4, 0.5) is 65.9 Å². The second kappa shape index (κ2) is 11.4. The summed E-state index contributed by atoms with van der Waals surface area (Å²) in [5.41, 5.74) is -0.835. The fraction of sp³-hybridized carbons (Fsp3) is 0. The van der Waals surface area contributed by atoms with Crippen LogP contribution in [-0.2, 0) is 0 Å². The minimum atomic E-state index is -2.77. The molecule has 0 aromatic heterocycles. The molecule has 18 heteroatoms. The van der Waals surface area contributed by atoms with Gasteiger partial charge in [-0.2, -0.15) is 8.78 Å². The molecule has 0 saturated heterocycles. The van der Waals surface area contributed by atoms with Crippen molar-refractivity contribution in [1.29, 1.82) is 0 Å². The van der Waals surface area contributed by atoms with Crippen LogP contribution in [0.25, 0.3) is 32.3 Å². The number of benzene rings is 6. The zero-order valence-corrected chi connectivity index (χ0v) is 22.5. The quantitative estimate of drug-likeness (QED) is 0.0590. The van der Waals surface area contributed by atoms with Crippen LogP contribution >= 0.6 is 0 Å². The second-order valence-corrected chi connectivity index (χ2v) is 9.82. The number of hydrogen-bond donors (Lipinski definition) is 0. The van der Waals surface area contributed by atoms with Crippen molar-refractivity contribution < 1.29 is 75.2 Å². The summed E-state index contributed by atoms with van der Waals surface area (Å²) in [6.45, 7) is 0. The Morgan fingerprint density at radius 1 is 0.333 bits per heavy atom. The van der Waals surface area contributed by atoms with Crippen LogP contribution in [0.5, 0.6) is 11.5 Å². The maximum atomic E-state index is 15.9. The number of fused-ring (bicyclic) bond motifs is 3. The van der Waals surface area contributed by atoms with Crippen LogP contribution in [0, 0.1) is 87.3 Å². The molecule has 0 unspecified atom stereocenters. The molecule has 6 aromatic carbocycles. The maximum absolute atomic E-state index is 15.9. The molecule has 0 radical (unpaired) electrons. The minimum absolute atomic E-state index is 0.266. The van der Waals surface area contributed by atoms with E-state index in [9.17, 15) is 52.7 Å². The Morgan fingerprint density at radius 2 is 0.812 bits per heavy atom. The zero-order chi connectivity index (χ0) is 35.1. The highest BCUT2D eigenvalue weighted by atomic mass is 19.2. The summed E-state index contributed by atoms with van der Waals surface area (Å²) in [6, 6.07) is 2.66. The van der Waals surface area contributed by atoms with E-state index in [2.05, 4.69) is 0 Å². The first kappa shape index (κ1) is 32.6. The van der Waals surface area contributed by atoms with Gasteiger partial charge in [-0.25, -0.2) is 57.1 Å². The first-order chi connectivity index (χ1) is 22.6. The molecule has 0 spiro atoms. The summed E-state index contributed by atoms with van der Waals surface area (Å²) in [4.78, 5) is 0. The van der Waals surface area contributed by atoms with Gasteiger partial charge in [-0.1, -0.05) is 12.1 Å². The zero-order valence-electron chi connectivity index (χ0n) is 22.5. The predicted molar refractivity (Wildman–Crippen MR) is 138 cm³/mol. The van der Waals surface area contributed by atoms with Crippen LogP contribution in [-0.4, -0.2) is 7.12 Å². The predicted octanol–water partition coefficient (Wildman–Crippen LogP) is 9.09. The van der Waals surface area contributed by atoms with Crippen molar-refractivity contribution >= 4 is 44.9 Å². The average molecular weight is 694 g/mol. The van der Waals surface area contributed by atoms with Crippen molar-refractivity contribution in [3.8, 4) is 11.5 Å². The smallest absolute Gasteiger partial charge is 0.520 e. The van der Waals surface area contributed by atoms with Crippen LogP contribution in [0.15, 0.2) is 36.4 Å². The first-order valence-electron chi connectivity index (χ1n) is 12.7. The molecule has 246 valence electrons. The first-order valence-corrected chi connectivity index (χ1v) is 12.7. The standard InChI is InChI=1S/C30H6BF15O2/c32-9-4-2-8(7-1-3-10(33)18(35)13(7)9)31(47-12-6-5-11(34)19(36)20(12)37)48-30-17-16(25(42)28(45)29(30)46)21(38)14-15(22(17)39)24(41)27(44)26(43)23(14)40/h1-6H. The molecule has 0 heterocycles. The Bertz CT molecular complexity index is 2380. The summed E-state index contributed by atoms with van der Waals surface area (Å²) >= 11 is 0. The summed E-state index contributed by atoms with van der Waals surface area (Å²) in [5.74, 6) is -38.1. The Morgan fingerprint density at radius 3 is 1.42 bits per heavy atom. The fourth-order valence-corrected chi connectivity index (χ4v) is 5.00. The van der Waals surface area contributed by atoms with Gasteiger partial charge in [0.2, 0.25) is 11.6 Å². The van der Waals surface area contributed by atoms with Gasteiger partial charge in [0.1, 0.15) is 23.2 Å². The molecular formula is C30H6BF15O2. The molecule has 48 heavy (non-hydrogen) atoms. The van der Waals surface area contributed by atoms with E-state index in [1.807, 2.05) is 0 Å². The van der Waals surface area contributed by atoms with Crippen LogP contribution < -0.4 is 14.8 Å². The molecule has 0 bridgehead atoms. The van der Waals surface area contributed by atoms with E-state index < -0.39 is 144 Å². The van der Waals surface area contributed by atoms with Gasteiger partial charge < -0.3 is 9.31 Å². The van der Waals surface area contributed by atoms with Crippen molar-refractivity contribution in [3.05, 3.63) is 124 Å². The van der Waals surface area contributed by atoms with Crippen molar-refractivity contribution in [1.82, 2.24) is 0 Å². The topological polar surface area (TPSA) is 18.5 Å². The van der Waals surface area contributed by atoms with Gasteiger partial charge in [-0.05, 0) is 29.7 Å². The number of hydrogen-bond acceptors (Lipinski definition) is 2. The van der Waals surface area contributed by atoms with Crippen LogP contribution in [0.3, 0.4) is 0 Å². The summed E-state index contributed by atoms with van der Waals surface area (Å²) in [5, 5.41) is -10.2. The Hall–Kier alpha value is -5.29. The maximum Gasteiger partial charge on any atom is 0.633 e. The summed E-state index contributed by atoms with van der Waals surface area (Å²) in [7, 11) is -2.77. The van der Waals surface area contributed by atoms with E-state index in [0.29, 0.717) is 30.3 Å². The van der Waals surface area contributed by atoms with Gasteiger partial charge in [0.25, 0.3) is 0 Å². The largest absolute Gasteiger partial charge is 0.633 e. The second-order valence-electron chi connectivity index (χ2n) is 9.82. The molecule has 0 N–H and O–H groups in total. The van der Waals surface area contributed by atoms with Gasteiger partial charge in [-0.3, -0.25) is 0 Å². The van der Waals surface area contributed by atoms with Crippen LogP contribution in [0.1, 0.15) is 0 Å². The molecule has 0 saturated carbocycles. The van der Waals surface area contributed by atoms with E-state index in [4.69, 9.17) is 9.31 Å². The third kappa shape index (κ3) is 4.63. The summed E-state index contributed by atoms with van der Waals surface area (Å²) < 4.78 is 230. The molecule has 0 fully saturated rings. The van der Waals surface area contributed by atoms with E-state index in [-0.39, 0.29) is 6.07 Å². The van der Waals surface area contributed by atoms with E-state index >= 15 is 13.2 Å². The summed E-state index contributed by atoms with van der Waals surface area (Å²) in [6.07, 6.45) is 0. The van der Waals surface area contributed by atoms with Crippen LogP contribution in [0.2, 0.25) is 0 Å². The normalized spacial score (nSPS) is 11.6. The Balaban J connectivity index is 1.71. The van der Waals surface area contributed by atoms with Gasteiger partial charge in [-0.15, -0.1) is 0 Å². The third-order valence-corrected chi connectivity index (χ3v) is 7.19. The highest BCUT2D eigenvalue weighted by molar-refractivity contribution is 6.66. The van der Waals surface area contributed by atoms with Crippen molar-refractivity contribution in [2.75, 3.05) is 0 Å². The lowest BCUT2D eigenvalue weighted by atomic mass is 9.75. The molecule has 2 nitrogen and oxygen atoms in total. The molecule has 0 atom stereocenters. The molecule has 0 amide bonds. The third-order valence-electron chi connectivity index (χ3n) is 7.19. The molecular weight excluding hydrogens is 688 g/mol. The van der Waals surface area contributed by atoms with Gasteiger partial charge in [0, 0.05) is 5.46 Å². The van der Waals surface area contributed by atoms with E-state index in [0.717, 1.165) is 0 Å². The molecule has 0 aliphatic rings.